The highest BCUT2D eigenvalue weighted by molar-refractivity contribution is 5.85. The molecule has 2 saturated heterocycles. The molecule has 0 aliphatic carbocycles. The quantitative estimate of drug-likeness (QED) is 0.523. The van der Waals surface area contributed by atoms with Gasteiger partial charge in [0, 0.05) is 6.92 Å². The van der Waals surface area contributed by atoms with Crippen LogP contribution in [-0.4, -0.2) is 36.9 Å². The van der Waals surface area contributed by atoms with Gasteiger partial charge < -0.3 is 14.2 Å². The predicted molar refractivity (Wildman–Crippen MR) is 39.8 cm³/mol. The number of hydrogen-bond acceptors (Lipinski definition) is 5. The first-order valence-corrected chi connectivity index (χ1v) is 4.14. The highest BCUT2D eigenvalue weighted by atomic mass is 16.7. The molecule has 13 heavy (non-hydrogen) atoms. The van der Waals surface area contributed by atoms with Crippen LogP contribution in [0.3, 0.4) is 0 Å². The largest absolute Gasteiger partial charge is 0.457 e. The monoisotopic (exact) mass is 186 g/mol. The van der Waals surface area contributed by atoms with E-state index in [4.69, 9.17) is 14.2 Å². The lowest BCUT2D eigenvalue weighted by molar-refractivity contribution is -0.187. The predicted octanol–water partition coefficient (Wildman–Crippen LogP) is -0.368. The van der Waals surface area contributed by atoms with Crippen molar-refractivity contribution in [1.29, 1.82) is 0 Å². The van der Waals surface area contributed by atoms with Gasteiger partial charge in [-0.2, -0.15) is 0 Å². The molecule has 2 rings (SSSR count). The maximum absolute atomic E-state index is 11.2. The Hall–Kier alpha value is -0.940. The van der Waals surface area contributed by atoms with Crippen LogP contribution in [0.4, 0.5) is 0 Å². The summed E-state index contributed by atoms with van der Waals surface area (Å²) in [6, 6.07) is 0. The van der Waals surface area contributed by atoms with Gasteiger partial charge in [0.1, 0.15) is 6.10 Å². The molecule has 2 bridgehead atoms. The van der Waals surface area contributed by atoms with Crippen molar-refractivity contribution in [2.75, 3.05) is 6.61 Å². The SMILES string of the molecule is CC(=O)O[C@H]1CC(=O)[C@H]2CO[C@@H]1O2. The lowest BCUT2D eigenvalue weighted by Crippen LogP contribution is -2.41. The Bertz CT molecular complexity index is 249. The summed E-state index contributed by atoms with van der Waals surface area (Å²) in [5.41, 5.74) is 0. The molecule has 3 atom stereocenters. The molecule has 2 heterocycles. The molecular formula is C8H10O5. The molecule has 0 aromatic rings. The molecule has 2 fully saturated rings. The van der Waals surface area contributed by atoms with E-state index in [9.17, 15) is 9.59 Å². The summed E-state index contributed by atoms with van der Waals surface area (Å²) < 4.78 is 15.2. The molecule has 5 nitrogen and oxygen atoms in total. The first-order valence-electron chi connectivity index (χ1n) is 4.14. The van der Waals surface area contributed by atoms with Crippen LogP contribution in [0.2, 0.25) is 0 Å². The smallest absolute Gasteiger partial charge is 0.303 e. The van der Waals surface area contributed by atoms with Crippen LogP contribution < -0.4 is 0 Å². The molecule has 0 saturated carbocycles. The van der Waals surface area contributed by atoms with Gasteiger partial charge >= 0.3 is 5.97 Å². The lowest BCUT2D eigenvalue weighted by Gasteiger charge is -2.25. The van der Waals surface area contributed by atoms with Crippen LogP contribution in [0, 0.1) is 0 Å². The third-order valence-electron chi connectivity index (χ3n) is 2.09. The van der Waals surface area contributed by atoms with Gasteiger partial charge in [0.2, 0.25) is 0 Å². The van der Waals surface area contributed by atoms with Crippen molar-refractivity contribution < 1.29 is 23.8 Å². The van der Waals surface area contributed by atoms with Crippen molar-refractivity contribution in [3.63, 3.8) is 0 Å². The van der Waals surface area contributed by atoms with E-state index in [1.807, 2.05) is 0 Å². The van der Waals surface area contributed by atoms with Gasteiger partial charge in [0.15, 0.2) is 18.2 Å². The fraction of sp³-hybridized carbons (Fsp3) is 0.750. The first-order chi connectivity index (χ1) is 6.16. The van der Waals surface area contributed by atoms with Crippen LogP contribution in [0.5, 0.6) is 0 Å². The average molecular weight is 186 g/mol. The minimum atomic E-state index is -0.566. The summed E-state index contributed by atoms with van der Waals surface area (Å²) in [6.07, 6.45) is -1.36. The van der Waals surface area contributed by atoms with Crippen LogP contribution in [0.15, 0.2) is 0 Å². The van der Waals surface area contributed by atoms with E-state index in [-0.39, 0.29) is 18.8 Å². The summed E-state index contributed by atoms with van der Waals surface area (Å²) in [6.45, 7) is 1.58. The van der Waals surface area contributed by atoms with Gasteiger partial charge in [-0.15, -0.1) is 0 Å². The van der Waals surface area contributed by atoms with E-state index in [1.54, 1.807) is 0 Å². The number of carbonyl (C=O) groups is 2. The normalized spacial score (nSPS) is 37.6. The third-order valence-corrected chi connectivity index (χ3v) is 2.09. The minimum Gasteiger partial charge on any atom is -0.457 e. The summed E-state index contributed by atoms with van der Waals surface area (Å²) in [7, 11) is 0. The van der Waals surface area contributed by atoms with Gasteiger partial charge in [0.25, 0.3) is 0 Å². The zero-order valence-electron chi connectivity index (χ0n) is 7.19. The number of rotatable bonds is 1. The molecule has 2 aliphatic heterocycles. The maximum atomic E-state index is 11.2. The Balaban J connectivity index is 2.04. The number of ether oxygens (including phenoxy) is 3. The first kappa shape index (κ1) is 8.65. The van der Waals surface area contributed by atoms with Gasteiger partial charge in [-0.3, -0.25) is 9.59 Å². The Labute approximate surface area is 74.9 Å². The van der Waals surface area contributed by atoms with E-state index < -0.39 is 24.5 Å². The summed E-state index contributed by atoms with van der Waals surface area (Å²) in [4.78, 5) is 21.9. The van der Waals surface area contributed by atoms with Crippen molar-refractivity contribution >= 4 is 11.8 Å². The average Bonchev–Trinajstić information content (AvgIpc) is 2.44. The van der Waals surface area contributed by atoms with E-state index >= 15 is 0 Å². The van der Waals surface area contributed by atoms with E-state index in [0.717, 1.165) is 0 Å². The van der Waals surface area contributed by atoms with Crippen molar-refractivity contribution in [3.8, 4) is 0 Å². The fourth-order valence-electron chi connectivity index (χ4n) is 1.52. The molecule has 2 aliphatic rings. The van der Waals surface area contributed by atoms with E-state index in [1.165, 1.54) is 6.92 Å². The number of hydrogen-bond donors (Lipinski definition) is 0. The second-order valence-electron chi connectivity index (χ2n) is 3.14. The lowest BCUT2D eigenvalue weighted by atomic mass is 10.1. The number of Topliss-reactive ketones (excluding diaryl/α,β-unsaturated/α-hetero) is 1. The topological polar surface area (TPSA) is 61.8 Å². The Kier molecular flexibility index (Phi) is 2.05. The molecule has 0 radical (unpaired) electrons. The summed E-state index contributed by atoms with van der Waals surface area (Å²) in [5, 5.41) is 0. The van der Waals surface area contributed by atoms with Gasteiger partial charge in [0.05, 0.1) is 13.0 Å². The molecule has 0 spiro atoms. The van der Waals surface area contributed by atoms with Crippen LogP contribution in [0.25, 0.3) is 0 Å². The van der Waals surface area contributed by atoms with E-state index in [2.05, 4.69) is 0 Å². The van der Waals surface area contributed by atoms with E-state index in [0.29, 0.717) is 0 Å². The Morgan fingerprint density at radius 2 is 2.38 bits per heavy atom. The number of fused-ring (bicyclic) bond motifs is 2. The summed E-state index contributed by atoms with van der Waals surface area (Å²) in [5.74, 6) is -0.477. The van der Waals surface area contributed by atoms with Gasteiger partial charge in [-0.1, -0.05) is 0 Å². The number of esters is 1. The van der Waals surface area contributed by atoms with Crippen LogP contribution >= 0.6 is 0 Å². The Morgan fingerprint density at radius 1 is 1.62 bits per heavy atom. The molecular weight excluding hydrogens is 176 g/mol. The van der Waals surface area contributed by atoms with Gasteiger partial charge in [-0.25, -0.2) is 0 Å². The highest BCUT2D eigenvalue weighted by Gasteiger charge is 2.44. The molecule has 5 heteroatoms. The molecule has 0 aromatic heterocycles. The van der Waals surface area contributed by atoms with Gasteiger partial charge in [-0.05, 0) is 0 Å². The zero-order valence-corrected chi connectivity index (χ0v) is 7.19. The van der Waals surface area contributed by atoms with Crippen molar-refractivity contribution in [1.82, 2.24) is 0 Å². The van der Waals surface area contributed by atoms with Crippen LogP contribution in [0.1, 0.15) is 13.3 Å². The third kappa shape index (κ3) is 1.57. The summed E-state index contributed by atoms with van der Waals surface area (Å²) >= 11 is 0. The minimum absolute atomic E-state index is 0.0556. The molecule has 0 unspecified atom stereocenters. The number of carbonyl (C=O) groups excluding carboxylic acids is 2. The maximum Gasteiger partial charge on any atom is 0.303 e. The zero-order chi connectivity index (χ0) is 9.42. The highest BCUT2D eigenvalue weighted by Crippen LogP contribution is 2.26. The second kappa shape index (κ2) is 3.08. The van der Waals surface area contributed by atoms with Crippen LogP contribution in [-0.2, 0) is 23.8 Å². The molecule has 0 N–H and O–H groups in total. The standard InChI is InChI=1S/C8H10O5/c1-4(9)12-6-2-5(10)7-3-11-8(6)13-7/h6-8H,2-3H2,1H3/t6-,7+,8+/m0/s1. The fourth-order valence-corrected chi connectivity index (χ4v) is 1.52. The van der Waals surface area contributed by atoms with Crippen molar-refractivity contribution in [2.45, 2.75) is 31.8 Å². The van der Waals surface area contributed by atoms with Crippen molar-refractivity contribution in [3.05, 3.63) is 0 Å². The second-order valence-corrected chi connectivity index (χ2v) is 3.14. The molecule has 0 aromatic carbocycles. The molecule has 72 valence electrons. The molecule has 0 amide bonds. The number of ketones is 1. The Morgan fingerprint density at radius 3 is 3.08 bits per heavy atom. The van der Waals surface area contributed by atoms with Crippen molar-refractivity contribution in [2.24, 2.45) is 0 Å².